The lowest BCUT2D eigenvalue weighted by atomic mass is 10.1. The normalized spacial score (nSPS) is 20.4. The molecule has 16 heavy (non-hydrogen) atoms. The molecule has 1 aromatic rings. The highest BCUT2D eigenvalue weighted by atomic mass is 32.1. The summed E-state index contributed by atoms with van der Waals surface area (Å²) in [5, 5.41) is 4.07. The third kappa shape index (κ3) is 2.74. The van der Waals surface area contributed by atoms with Crippen molar-refractivity contribution in [1.29, 1.82) is 0 Å². The van der Waals surface area contributed by atoms with E-state index in [9.17, 15) is 4.79 Å². The van der Waals surface area contributed by atoms with Crippen molar-refractivity contribution in [1.82, 2.24) is 5.32 Å². The van der Waals surface area contributed by atoms with Gasteiger partial charge in [-0.25, -0.2) is 4.79 Å². The number of nitrogens with one attached hydrogen (secondary N) is 1. The van der Waals surface area contributed by atoms with E-state index in [1.165, 1.54) is 18.4 Å². The van der Waals surface area contributed by atoms with Crippen molar-refractivity contribution in [3.8, 4) is 5.06 Å². The summed E-state index contributed by atoms with van der Waals surface area (Å²) in [7, 11) is 1.38. The maximum atomic E-state index is 11.2. The molecule has 0 aliphatic carbocycles. The molecule has 0 saturated carbocycles. The van der Waals surface area contributed by atoms with Gasteiger partial charge in [0.15, 0.2) is 5.06 Å². The smallest absolute Gasteiger partial charge is 0.348 e. The number of rotatable bonds is 3. The largest absolute Gasteiger partial charge is 0.480 e. The van der Waals surface area contributed by atoms with Crippen LogP contribution in [0.5, 0.6) is 5.06 Å². The van der Waals surface area contributed by atoms with Gasteiger partial charge in [-0.3, -0.25) is 0 Å². The van der Waals surface area contributed by atoms with Gasteiger partial charge in [0.2, 0.25) is 0 Å². The van der Waals surface area contributed by atoms with Gasteiger partial charge in [-0.15, -0.1) is 0 Å². The zero-order chi connectivity index (χ0) is 11.4. The molecule has 0 bridgehead atoms. The van der Waals surface area contributed by atoms with Gasteiger partial charge in [-0.05, 0) is 31.5 Å². The van der Waals surface area contributed by atoms with Crippen LogP contribution < -0.4 is 10.1 Å². The number of ether oxygens (including phenoxy) is 2. The maximum Gasteiger partial charge on any atom is 0.348 e. The lowest BCUT2D eigenvalue weighted by Crippen LogP contribution is -2.36. The second-order valence-corrected chi connectivity index (χ2v) is 4.74. The minimum atomic E-state index is -0.304. The molecule has 1 fully saturated rings. The van der Waals surface area contributed by atoms with Gasteiger partial charge in [0, 0.05) is 6.54 Å². The molecule has 4 nitrogen and oxygen atoms in total. The fraction of sp³-hybridized carbons (Fsp3) is 0.545. The predicted octanol–water partition coefficient (Wildman–Crippen LogP) is 1.67. The quantitative estimate of drug-likeness (QED) is 0.818. The lowest BCUT2D eigenvalue weighted by Gasteiger charge is -2.22. The van der Waals surface area contributed by atoms with Crippen molar-refractivity contribution in [2.45, 2.75) is 18.9 Å². The zero-order valence-corrected chi connectivity index (χ0v) is 10.0. The van der Waals surface area contributed by atoms with E-state index in [1.807, 2.05) is 6.07 Å². The molecule has 1 N–H and O–H groups in total. The molecule has 1 aliphatic rings. The third-order valence-corrected chi connectivity index (χ3v) is 3.46. The summed E-state index contributed by atoms with van der Waals surface area (Å²) >= 11 is 1.33. The van der Waals surface area contributed by atoms with Crippen LogP contribution in [0.15, 0.2) is 12.1 Å². The number of thiophene rings is 1. The molecule has 0 spiro atoms. The average Bonchev–Trinajstić information content (AvgIpc) is 2.78. The van der Waals surface area contributed by atoms with E-state index in [2.05, 4.69) is 10.1 Å². The summed E-state index contributed by atoms with van der Waals surface area (Å²) in [6.07, 6.45) is 2.43. The molecule has 2 heterocycles. The summed E-state index contributed by atoms with van der Waals surface area (Å²) in [6.45, 7) is 1.95. The molecule has 1 aliphatic heterocycles. The Morgan fingerprint density at radius 2 is 2.44 bits per heavy atom. The minimum absolute atomic E-state index is 0.220. The van der Waals surface area contributed by atoms with Gasteiger partial charge in [-0.2, -0.15) is 0 Å². The zero-order valence-electron chi connectivity index (χ0n) is 9.19. The summed E-state index contributed by atoms with van der Waals surface area (Å²) in [6, 6.07) is 3.56. The first-order chi connectivity index (χ1) is 7.79. The highest BCUT2D eigenvalue weighted by Crippen LogP contribution is 2.26. The second-order valence-electron chi connectivity index (χ2n) is 3.70. The molecule has 0 radical (unpaired) electrons. The van der Waals surface area contributed by atoms with Crippen LogP contribution in [-0.4, -0.2) is 32.3 Å². The van der Waals surface area contributed by atoms with Crippen molar-refractivity contribution in [3.05, 3.63) is 17.0 Å². The van der Waals surface area contributed by atoms with Crippen LogP contribution in [0.4, 0.5) is 0 Å². The van der Waals surface area contributed by atoms with Crippen molar-refractivity contribution in [3.63, 3.8) is 0 Å². The Bertz CT molecular complexity index is 358. The molecular formula is C11H15NO3S. The van der Waals surface area contributed by atoms with Crippen LogP contribution in [-0.2, 0) is 4.74 Å². The molecule has 2 rings (SSSR count). The second kappa shape index (κ2) is 5.32. The van der Waals surface area contributed by atoms with Crippen LogP contribution in [0.3, 0.4) is 0 Å². The Morgan fingerprint density at radius 1 is 1.56 bits per heavy atom. The van der Waals surface area contributed by atoms with E-state index < -0.39 is 0 Å². The van der Waals surface area contributed by atoms with Gasteiger partial charge in [-0.1, -0.05) is 11.3 Å². The van der Waals surface area contributed by atoms with Crippen LogP contribution in [0.1, 0.15) is 22.5 Å². The number of hydrogen-bond acceptors (Lipinski definition) is 5. The Labute approximate surface area is 98.6 Å². The summed E-state index contributed by atoms with van der Waals surface area (Å²) in [4.78, 5) is 11.8. The van der Waals surface area contributed by atoms with E-state index in [0.29, 0.717) is 4.88 Å². The van der Waals surface area contributed by atoms with Crippen molar-refractivity contribution in [2.75, 3.05) is 20.2 Å². The van der Waals surface area contributed by atoms with Crippen LogP contribution >= 0.6 is 11.3 Å². The molecule has 5 heteroatoms. The number of piperidine rings is 1. The van der Waals surface area contributed by atoms with E-state index in [4.69, 9.17) is 4.74 Å². The standard InChI is InChI=1S/C11H15NO3S/c1-14-11(13)9-4-5-10(16-9)15-8-3-2-6-12-7-8/h4-5,8,12H,2-3,6-7H2,1H3. The van der Waals surface area contributed by atoms with E-state index in [1.54, 1.807) is 6.07 Å². The van der Waals surface area contributed by atoms with Gasteiger partial charge in [0.1, 0.15) is 11.0 Å². The molecule has 1 unspecified atom stereocenters. The molecular weight excluding hydrogens is 226 g/mol. The number of carbonyl (C=O) groups is 1. The van der Waals surface area contributed by atoms with E-state index in [-0.39, 0.29) is 12.1 Å². The first-order valence-corrected chi connectivity index (χ1v) is 6.17. The number of esters is 1. The lowest BCUT2D eigenvalue weighted by molar-refractivity contribution is 0.0606. The Hall–Kier alpha value is -1.07. The molecule has 1 aromatic heterocycles. The van der Waals surface area contributed by atoms with Gasteiger partial charge < -0.3 is 14.8 Å². The number of methoxy groups -OCH3 is 1. The first-order valence-electron chi connectivity index (χ1n) is 5.35. The van der Waals surface area contributed by atoms with E-state index in [0.717, 1.165) is 31.0 Å². The van der Waals surface area contributed by atoms with Crippen LogP contribution in [0.25, 0.3) is 0 Å². The van der Waals surface area contributed by atoms with Gasteiger partial charge in [0.25, 0.3) is 0 Å². The Balaban J connectivity index is 1.94. The van der Waals surface area contributed by atoms with Crippen LogP contribution in [0, 0.1) is 0 Å². The average molecular weight is 241 g/mol. The van der Waals surface area contributed by atoms with Gasteiger partial charge >= 0.3 is 5.97 Å². The van der Waals surface area contributed by atoms with Crippen molar-refractivity contribution < 1.29 is 14.3 Å². The molecule has 1 atom stereocenters. The molecule has 1 saturated heterocycles. The molecule has 0 amide bonds. The molecule has 0 aromatic carbocycles. The fourth-order valence-corrected chi connectivity index (χ4v) is 2.52. The highest BCUT2D eigenvalue weighted by Gasteiger charge is 2.16. The Morgan fingerprint density at radius 3 is 3.12 bits per heavy atom. The van der Waals surface area contributed by atoms with Crippen molar-refractivity contribution >= 4 is 17.3 Å². The summed E-state index contributed by atoms with van der Waals surface area (Å²) in [5.74, 6) is -0.304. The van der Waals surface area contributed by atoms with E-state index >= 15 is 0 Å². The van der Waals surface area contributed by atoms with Crippen LogP contribution in [0.2, 0.25) is 0 Å². The minimum Gasteiger partial charge on any atom is -0.480 e. The van der Waals surface area contributed by atoms with Gasteiger partial charge in [0.05, 0.1) is 7.11 Å². The monoisotopic (exact) mass is 241 g/mol. The Kier molecular flexibility index (Phi) is 3.79. The highest BCUT2D eigenvalue weighted by molar-refractivity contribution is 7.15. The summed E-state index contributed by atoms with van der Waals surface area (Å²) < 4.78 is 10.4. The number of hydrogen-bond donors (Lipinski definition) is 1. The topological polar surface area (TPSA) is 47.6 Å². The summed E-state index contributed by atoms with van der Waals surface area (Å²) in [5.41, 5.74) is 0. The maximum absolute atomic E-state index is 11.2. The third-order valence-electron chi connectivity index (χ3n) is 2.50. The number of carbonyl (C=O) groups excluding carboxylic acids is 1. The predicted molar refractivity (Wildman–Crippen MR) is 62.2 cm³/mol. The fourth-order valence-electron chi connectivity index (χ4n) is 1.68. The first kappa shape index (κ1) is 11.4. The van der Waals surface area contributed by atoms with Crippen molar-refractivity contribution in [2.24, 2.45) is 0 Å². The molecule has 88 valence electrons. The SMILES string of the molecule is COC(=O)c1ccc(OC2CCCNC2)s1.